The number of benzene rings is 2. The number of ether oxygens (including phenoxy) is 1. The average molecular weight is 409 g/mol. The molecule has 1 aliphatic rings. The molecule has 0 spiro atoms. The Bertz CT molecular complexity index is 928. The van der Waals surface area contributed by atoms with Crippen molar-refractivity contribution in [2.45, 2.75) is 26.2 Å². The molecule has 2 aromatic rings. The van der Waals surface area contributed by atoms with Crippen molar-refractivity contribution in [2.75, 3.05) is 30.4 Å². The van der Waals surface area contributed by atoms with Crippen LogP contribution in [-0.2, 0) is 9.59 Å². The summed E-state index contributed by atoms with van der Waals surface area (Å²) in [6.45, 7) is 2.92. The minimum Gasteiger partial charge on any atom is -0.497 e. The van der Waals surface area contributed by atoms with Gasteiger partial charge in [-0.2, -0.15) is 0 Å². The number of carbonyl (C=O) groups excluding carboxylic acids is 3. The van der Waals surface area contributed by atoms with E-state index in [1.54, 1.807) is 48.4 Å². The Morgan fingerprint density at radius 3 is 2.73 bits per heavy atom. The standard InChI is InChI=1S/C23H27N3O4/c1-3-4-12-24-23(29)19-10-5-6-11-20(19)25-22(28)16-13-21(27)26(15-16)17-8-7-9-18(14-17)30-2/h5-11,14,16H,3-4,12-13,15H2,1-2H3,(H,24,29)(H,25,28)/t16-/m1/s1. The number of nitrogens with zero attached hydrogens (tertiary/aromatic N) is 1. The first-order valence-electron chi connectivity index (χ1n) is 10.2. The highest BCUT2D eigenvalue weighted by Crippen LogP contribution is 2.29. The quantitative estimate of drug-likeness (QED) is 0.656. The maximum absolute atomic E-state index is 12.8. The van der Waals surface area contributed by atoms with Crippen LogP contribution in [0.5, 0.6) is 5.75 Å². The molecule has 0 aliphatic carbocycles. The van der Waals surface area contributed by atoms with Crippen LogP contribution in [0, 0.1) is 5.92 Å². The Kier molecular flexibility index (Phi) is 7.06. The summed E-state index contributed by atoms with van der Waals surface area (Å²) in [6, 6.07) is 14.1. The van der Waals surface area contributed by atoms with Gasteiger partial charge in [0.2, 0.25) is 11.8 Å². The highest BCUT2D eigenvalue weighted by atomic mass is 16.5. The van der Waals surface area contributed by atoms with Crippen LogP contribution < -0.4 is 20.3 Å². The van der Waals surface area contributed by atoms with Crippen molar-refractivity contribution in [3.05, 3.63) is 54.1 Å². The van der Waals surface area contributed by atoms with E-state index >= 15 is 0 Å². The van der Waals surface area contributed by atoms with Crippen molar-refractivity contribution in [2.24, 2.45) is 5.92 Å². The van der Waals surface area contributed by atoms with Crippen LogP contribution in [0.2, 0.25) is 0 Å². The molecule has 2 aromatic carbocycles. The summed E-state index contributed by atoms with van der Waals surface area (Å²) in [5.41, 5.74) is 1.56. The molecule has 158 valence electrons. The second kappa shape index (κ2) is 9.91. The Morgan fingerprint density at radius 2 is 1.97 bits per heavy atom. The second-order valence-corrected chi connectivity index (χ2v) is 7.25. The van der Waals surface area contributed by atoms with Gasteiger partial charge in [-0.15, -0.1) is 0 Å². The SMILES string of the molecule is CCCCNC(=O)c1ccccc1NC(=O)[C@@H]1CC(=O)N(c2cccc(OC)c2)C1. The average Bonchev–Trinajstić information content (AvgIpc) is 3.16. The zero-order valence-electron chi connectivity index (χ0n) is 17.3. The van der Waals surface area contributed by atoms with Crippen molar-refractivity contribution in [3.8, 4) is 5.75 Å². The molecule has 1 saturated heterocycles. The molecule has 7 heteroatoms. The first-order valence-corrected chi connectivity index (χ1v) is 10.2. The van der Waals surface area contributed by atoms with E-state index in [9.17, 15) is 14.4 Å². The van der Waals surface area contributed by atoms with Gasteiger partial charge in [-0.25, -0.2) is 0 Å². The molecule has 0 bridgehead atoms. The lowest BCUT2D eigenvalue weighted by molar-refractivity contribution is -0.122. The summed E-state index contributed by atoms with van der Waals surface area (Å²) >= 11 is 0. The molecule has 2 N–H and O–H groups in total. The maximum Gasteiger partial charge on any atom is 0.253 e. The third-order valence-electron chi connectivity index (χ3n) is 5.11. The normalized spacial score (nSPS) is 15.7. The Morgan fingerprint density at radius 1 is 1.17 bits per heavy atom. The highest BCUT2D eigenvalue weighted by Gasteiger charge is 2.35. The minimum atomic E-state index is -0.500. The first kappa shape index (κ1) is 21.4. The smallest absolute Gasteiger partial charge is 0.253 e. The van der Waals surface area contributed by atoms with Crippen LogP contribution in [0.3, 0.4) is 0 Å². The fraction of sp³-hybridized carbons (Fsp3) is 0.348. The summed E-state index contributed by atoms with van der Waals surface area (Å²) in [5, 5.41) is 5.70. The fourth-order valence-corrected chi connectivity index (χ4v) is 3.41. The van der Waals surface area contributed by atoms with Gasteiger partial charge in [-0.3, -0.25) is 14.4 Å². The van der Waals surface area contributed by atoms with E-state index in [0.717, 1.165) is 12.8 Å². The van der Waals surface area contributed by atoms with Gasteiger partial charge in [0.1, 0.15) is 5.75 Å². The van der Waals surface area contributed by atoms with Gasteiger partial charge < -0.3 is 20.3 Å². The number of carbonyl (C=O) groups is 3. The Hall–Kier alpha value is -3.35. The van der Waals surface area contributed by atoms with E-state index in [-0.39, 0.29) is 30.7 Å². The Labute approximate surface area is 176 Å². The lowest BCUT2D eigenvalue weighted by Crippen LogP contribution is -2.29. The number of hydrogen-bond acceptors (Lipinski definition) is 4. The molecule has 0 unspecified atom stereocenters. The van der Waals surface area contributed by atoms with Gasteiger partial charge in [0.25, 0.3) is 5.91 Å². The van der Waals surface area contributed by atoms with Crippen LogP contribution >= 0.6 is 0 Å². The lowest BCUT2D eigenvalue weighted by Gasteiger charge is -2.18. The van der Waals surface area contributed by atoms with E-state index in [2.05, 4.69) is 17.6 Å². The number of methoxy groups -OCH3 is 1. The monoisotopic (exact) mass is 409 g/mol. The zero-order chi connectivity index (χ0) is 21.5. The van der Waals surface area contributed by atoms with Crippen molar-refractivity contribution in [3.63, 3.8) is 0 Å². The summed E-state index contributed by atoms with van der Waals surface area (Å²) in [5.74, 6) is -0.465. The summed E-state index contributed by atoms with van der Waals surface area (Å²) in [4.78, 5) is 39.4. The van der Waals surface area contributed by atoms with Gasteiger partial charge in [0, 0.05) is 31.3 Å². The van der Waals surface area contributed by atoms with Gasteiger partial charge in [0.15, 0.2) is 0 Å². The van der Waals surface area contributed by atoms with Crippen LogP contribution in [0.15, 0.2) is 48.5 Å². The van der Waals surface area contributed by atoms with Gasteiger partial charge in [-0.05, 0) is 30.7 Å². The second-order valence-electron chi connectivity index (χ2n) is 7.25. The number of amides is 3. The van der Waals surface area contributed by atoms with E-state index in [4.69, 9.17) is 4.74 Å². The molecule has 3 amide bonds. The predicted molar refractivity (Wildman–Crippen MR) is 116 cm³/mol. The molecule has 1 atom stereocenters. The number of anilines is 2. The van der Waals surface area contributed by atoms with E-state index in [1.165, 1.54) is 0 Å². The summed E-state index contributed by atoms with van der Waals surface area (Å²) in [6.07, 6.45) is 2.00. The molecule has 30 heavy (non-hydrogen) atoms. The predicted octanol–water partition coefficient (Wildman–Crippen LogP) is 3.22. The van der Waals surface area contributed by atoms with Crippen molar-refractivity contribution >= 4 is 29.1 Å². The maximum atomic E-state index is 12.8. The Balaban J connectivity index is 1.68. The summed E-state index contributed by atoms with van der Waals surface area (Å²) in [7, 11) is 1.57. The van der Waals surface area contributed by atoms with E-state index in [1.807, 2.05) is 12.1 Å². The molecule has 0 saturated carbocycles. The minimum absolute atomic E-state index is 0.117. The van der Waals surface area contributed by atoms with Gasteiger partial charge >= 0.3 is 0 Å². The van der Waals surface area contributed by atoms with Gasteiger partial charge in [-0.1, -0.05) is 31.5 Å². The number of unbranched alkanes of at least 4 members (excludes halogenated alkanes) is 1. The molecular weight excluding hydrogens is 382 g/mol. The van der Waals surface area contributed by atoms with E-state index < -0.39 is 5.92 Å². The fourth-order valence-electron chi connectivity index (χ4n) is 3.41. The first-order chi connectivity index (χ1) is 14.5. The van der Waals surface area contributed by atoms with Crippen molar-refractivity contribution in [1.29, 1.82) is 0 Å². The van der Waals surface area contributed by atoms with E-state index in [0.29, 0.717) is 29.2 Å². The molecule has 3 rings (SSSR count). The molecule has 1 heterocycles. The molecule has 0 aromatic heterocycles. The summed E-state index contributed by atoms with van der Waals surface area (Å²) < 4.78 is 5.22. The van der Waals surface area contributed by atoms with Crippen LogP contribution in [-0.4, -0.2) is 37.9 Å². The largest absolute Gasteiger partial charge is 0.497 e. The van der Waals surface area contributed by atoms with Crippen LogP contribution in [0.25, 0.3) is 0 Å². The molecule has 0 radical (unpaired) electrons. The number of nitrogens with one attached hydrogen (secondary N) is 2. The van der Waals surface area contributed by atoms with Crippen molar-refractivity contribution in [1.82, 2.24) is 5.32 Å². The molecule has 7 nitrogen and oxygen atoms in total. The number of rotatable bonds is 8. The molecule has 1 fully saturated rings. The highest BCUT2D eigenvalue weighted by molar-refractivity contribution is 6.07. The molecular formula is C23H27N3O4. The topological polar surface area (TPSA) is 87.7 Å². The third-order valence-corrected chi connectivity index (χ3v) is 5.11. The lowest BCUT2D eigenvalue weighted by atomic mass is 10.1. The zero-order valence-corrected chi connectivity index (χ0v) is 17.3. The third kappa shape index (κ3) is 4.97. The van der Waals surface area contributed by atoms with Crippen LogP contribution in [0.4, 0.5) is 11.4 Å². The van der Waals surface area contributed by atoms with Gasteiger partial charge in [0.05, 0.1) is 24.3 Å². The molecule has 1 aliphatic heterocycles. The van der Waals surface area contributed by atoms with Crippen LogP contribution in [0.1, 0.15) is 36.5 Å². The number of hydrogen-bond donors (Lipinski definition) is 2. The van der Waals surface area contributed by atoms with Crippen molar-refractivity contribution < 1.29 is 19.1 Å². The number of para-hydroxylation sites is 1.